The first kappa shape index (κ1) is 21.2. The maximum absolute atomic E-state index is 13.1. The highest BCUT2D eigenvalue weighted by atomic mass is 32.1. The van der Waals surface area contributed by atoms with Gasteiger partial charge in [0.15, 0.2) is 0 Å². The van der Waals surface area contributed by atoms with Gasteiger partial charge in [0, 0.05) is 12.4 Å². The second-order valence-corrected chi connectivity index (χ2v) is 7.29. The summed E-state index contributed by atoms with van der Waals surface area (Å²) < 4.78 is 40.2. The molecular weight excluding hydrogens is 429 g/mol. The molecule has 3 rings (SSSR count). The number of nitrogens with two attached hydrogens (primary N) is 1. The van der Waals surface area contributed by atoms with Gasteiger partial charge >= 0.3 is 11.9 Å². The lowest BCUT2D eigenvalue weighted by Gasteiger charge is -2.09. The summed E-state index contributed by atoms with van der Waals surface area (Å²) in [5, 5.41) is 17.6. The largest absolute Gasteiger partial charge is 0.433 e. The second-order valence-electron chi connectivity index (χ2n) is 6.29. The number of anilines is 1. The molecule has 0 aliphatic heterocycles. The average molecular weight is 442 g/mol. The molecule has 14 heteroatoms. The van der Waals surface area contributed by atoms with Crippen LogP contribution < -0.4 is 11.1 Å². The number of primary amides is 1. The van der Waals surface area contributed by atoms with Gasteiger partial charge in [0.1, 0.15) is 21.1 Å². The van der Waals surface area contributed by atoms with E-state index in [1.807, 2.05) is 0 Å². The molecule has 0 aliphatic rings. The lowest BCUT2D eigenvalue weighted by atomic mass is 10.1. The van der Waals surface area contributed by atoms with E-state index in [2.05, 4.69) is 15.4 Å². The van der Waals surface area contributed by atoms with E-state index in [1.54, 1.807) is 0 Å². The van der Waals surface area contributed by atoms with E-state index in [1.165, 1.54) is 20.9 Å². The predicted molar refractivity (Wildman–Crippen MR) is 100 cm³/mol. The number of hydrogen-bond donors (Lipinski definition) is 2. The van der Waals surface area contributed by atoms with Crippen molar-refractivity contribution in [1.82, 2.24) is 14.8 Å². The molecule has 3 heterocycles. The van der Waals surface area contributed by atoms with Crippen LogP contribution in [0.4, 0.5) is 24.5 Å². The molecule has 0 spiro atoms. The van der Waals surface area contributed by atoms with Gasteiger partial charge in [-0.25, -0.2) is 4.98 Å². The third-order valence-corrected chi connectivity index (χ3v) is 5.30. The van der Waals surface area contributed by atoms with Crippen LogP contribution in [0.1, 0.15) is 37.1 Å². The first-order valence-electron chi connectivity index (χ1n) is 8.13. The summed E-state index contributed by atoms with van der Waals surface area (Å²) >= 11 is 0.577. The SMILES string of the molecule is Cc1nn(C)c(C(=O)Nc2c(C(N)=O)sc3nc(C(F)(F)F)cc(C)c23)c1[N+](=O)[O-]. The Bertz CT molecular complexity index is 1230. The molecule has 3 N–H and O–H groups in total. The molecule has 0 atom stereocenters. The van der Waals surface area contributed by atoms with Crippen molar-refractivity contribution in [3.8, 4) is 0 Å². The van der Waals surface area contributed by atoms with E-state index < -0.39 is 40.0 Å². The molecule has 0 saturated heterocycles. The van der Waals surface area contributed by atoms with E-state index in [0.717, 1.165) is 10.7 Å². The Morgan fingerprint density at radius 2 is 1.97 bits per heavy atom. The highest BCUT2D eigenvalue weighted by molar-refractivity contribution is 7.21. The smallest absolute Gasteiger partial charge is 0.365 e. The minimum Gasteiger partial charge on any atom is -0.365 e. The fraction of sp³-hybridized carbons (Fsp3) is 0.250. The molecule has 0 unspecified atom stereocenters. The van der Waals surface area contributed by atoms with Crippen LogP contribution in [-0.4, -0.2) is 31.5 Å². The van der Waals surface area contributed by atoms with E-state index in [9.17, 15) is 32.9 Å². The third kappa shape index (κ3) is 3.45. The monoisotopic (exact) mass is 442 g/mol. The van der Waals surface area contributed by atoms with E-state index >= 15 is 0 Å². The number of nitro groups is 1. The predicted octanol–water partition coefficient (Wildman–Crippen LogP) is 2.92. The summed E-state index contributed by atoms with van der Waals surface area (Å²) in [6, 6.07) is 0.770. The zero-order chi connectivity index (χ0) is 22.5. The van der Waals surface area contributed by atoms with Gasteiger partial charge in [-0.3, -0.25) is 24.4 Å². The van der Waals surface area contributed by atoms with Gasteiger partial charge in [0.05, 0.1) is 10.6 Å². The molecule has 158 valence electrons. The van der Waals surface area contributed by atoms with Crippen molar-refractivity contribution in [2.45, 2.75) is 20.0 Å². The molecule has 2 amide bonds. The van der Waals surface area contributed by atoms with Crippen LogP contribution in [0.2, 0.25) is 0 Å². The molecule has 0 bridgehead atoms. The van der Waals surface area contributed by atoms with E-state index in [4.69, 9.17) is 5.73 Å². The van der Waals surface area contributed by atoms with Crippen molar-refractivity contribution in [2.24, 2.45) is 12.8 Å². The Kier molecular flexibility index (Phi) is 4.97. The topological polar surface area (TPSA) is 146 Å². The Balaban J connectivity index is 2.19. The van der Waals surface area contributed by atoms with Gasteiger partial charge in [-0.2, -0.15) is 18.3 Å². The summed E-state index contributed by atoms with van der Waals surface area (Å²) in [5.74, 6) is -1.98. The Morgan fingerprint density at radius 1 is 1.33 bits per heavy atom. The zero-order valence-corrected chi connectivity index (χ0v) is 16.4. The van der Waals surface area contributed by atoms with Gasteiger partial charge in [0.2, 0.25) is 5.69 Å². The van der Waals surface area contributed by atoms with Crippen LogP contribution in [0.5, 0.6) is 0 Å². The number of aromatic nitrogens is 3. The molecule has 0 aromatic carbocycles. The Labute approximate surface area is 169 Å². The van der Waals surface area contributed by atoms with Crippen LogP contribution in [-0.2, 0) is 13.2 Å². The number of thiophene rings is 1. The fourth-order valence-corrected chi connectivity index (χ4v) is 4.07. The first-order chi connectivity index (χ1) is 13.8. The summed E-state index contributed by atoms with van der Waals surface area (Å²) in [5.41, 5.74) is 3.13. The maximum atomic E-state index is 13.1. The lowest BCUT2D eigenvalue weighted by Crippen LogP contribution is -2.20. The molecular formula is C16H13F3N6O4S. The van der Waals surface area contributed by atoms with Gasteiger partial charge in [-0.1, -0.05) is 0 Å². The molecule has 10 nitrogen and oxygen atoms in total. The fourth-order valence-electron chi connectivity index (χ4n) is 3.01. The number of nitrogens with one attached hydrogen (secondary N) is 1. The normalized spacial score (nSPS) is 11.7. The minimum absolute atomic E-state index is 0.00869. The number of amides is 2. The highest BCUT2D eigenvalue weighted by Crippen LogP contribution is 2.40. The number of carbonyl (C=O) groups excluding carboxylic acids is 2. The lowest BCUT2D eigenvalue weighted by molar-refractivity contribution is -0.385. The van der Waals surface area contributed by atoms with Crippen LogP contribution >= 0.6 is 11.3 Å². The van der Waals surface area contributed by atoms with Gasteiger partial charge in [-0.05, 0) is 25.5 Å². The number of alkyl halides is 3. The molecule has 3 aromatic heterocycles. The van der Waals surface area contributed by atoms with Crippen molar-refractivity contribution >= 4 is 44.7 Å². The minimum atomic E-state index is -4.72. The van der Waals surface area contributed by atoms with Gasteiger partial charge in [-0.15, -0.1) is 11.3 Å². The Morgan fingerprint density at radius 3 is 2.50 bits per heavy atom. The number of pyridine rings is 1. The number of halogens is 3. The summed E-state index contributed by atoms with van der Waals surface area (Å²) in [6.45, 7) is 2.69. The number of aryl methyl sites for hydroxylation is 3. The van der Waals surface area contributed by atoms with Crippen molar-refractivity contribution in [1.29, 1.82) is 0 Å². The maximum Gasteiger partial charge on any atom is 0.433 e. The highest BCUT2D eigenvalue weighted by Gasteiger charge is 2.35. The summed E-state index contributed by atoms with van der Waals surface area (Å²) in [6.07, 6.45) is -4.72. The van der Waals surface area contributed by atoms with Crippen LogP contribution in [0.3, 0.4) is 0 Å². The summed E-state index contributed by atoms with van der Waals surface area (Å²) in [4.78, 5) is 38.3. The Hall–Kier alpha value is -3.55. The van der Waals surface area contributed by atoms with Crippen molar-refractivity contribution in [3.63, 3.8) is 0 Å². The van der Waals surface area contributed by atoms with Crippen molar-refractivity contribution < 1.29 is 27.7 Å². The second kappa shape index (κ2) is 7.05. The molecule has 3 aromatic rings. The van der Waals surface area contributed by atoms with Crippen LogP contribution in [0, 0.1) is 24.0 Å². The molecule has 0 radical (unpaired) electrons. The molecule has 0 fully saturated rings. The van der Waals surface area contributed by atoms with Crippen molar-refractivity contribution in [2.75, 3.05) is 5.32 Å². The zero-order valence-electron chi connectivity index (χ0n) is 15.6. The van der Waals surface area contributed by atoms with Crippen molar-refractivity contribution in [3.05, 3.63) is 43.7 Å². The standard InChI is InChI=1S/C16H13F3N6O4S/c1-5-4-7(16(17,18)19)21-15-8(5)9(12(30-15)13(20)26)22-14(27)11-10(25(28)29)6(2)23-24(11)3/h4H,1-3H3,(H2,20,26)(H,22,27). The van der Waals surface area contributed by atoms with E-state index in [0.29, 0.717) is 11.3 Å². The third-order valence-electron chi connectivity index (χ3n) is 4.20. The van der Waals surface area contributed by atoms with Gasteiger partial charge in [0.25, 0.3) is 11.8 Å². The van der Waals surface area contributed by atoms with E-state index in [-0.39, 0.29) is 32.0 Å². The van der Waals surface area contributed by atoms with Crippen LogP contribution in [0.15, 0.2) is 6.07 Å². The van der Waals surface area contributed by atoms with Crippen LogP contribution in [0.25, 0.3) is 10.2 Å². The number of hydrogen-bond acceptors (Lipinski definition) is 7. The summed E-state index contributed by atoms with van der Waals surface area (Å²) in [7, 11) is 1.32. The quantitative estimate of drug-likeness (QED) is 0.469. The molecule has 0 saturated carbocycles. The molecule has 0 aliphatic carbocycles. The first-order valence-corrected chi connectivity index (χ1v) is 8.95. The van der Waals surface area contributed by atoms with Gasteiger partial charge < -0.3 is 11.1 Å². The number of fused-ring (bicyclic) bond motifs is 1. The molecule has 30 heavy (non-hydrogen) atoms. The average Bonchev–Trinajstić information content (AvgIpc) is 3.11. The number of carbonyl (C=O) groups is 2. The number of rotatable bonds is 4. The number of nitrogens with zero attached hydrogens (tertiary/aromatic N) is 4.